The number of halogens is 3. The largest absolute Gasteiger partial charge is 0.491 e. The third-order valence-electron chi connectivity index (χ3n) is 5.42. The number of nitrogens with zero attached hydrogens (tertiary/aromatic N) is 3. The number of rotatable bonds is 0. The average molecular weight is 442 g/mol. The van der Waals surface area contributed by atoms with Crippen LogP contribution in [0, 0.1) is 0 Å². The second-order valence-electron chi connectivity index (χ2n) is 7.72. The Kier molecular flexibility index (Phi) is 6.73. The molecule has 11 heteroatoms. The van der Waals surface area contributed by atoms with E-state index in [1.54, 1.807) is 21.7 Å². The number of amides is 3. The lowest BCUT2D eigenvalue weighted by Crippen LogP contribution is -2.59. The van der Waals surface area contributed by atoms with Crippen molar-refractivity contribution in [2.24, 2.45) is 0 Å². The molecule has 0 radical (unpaired) electrons. The standard InChI is InChI=1S/C20H25F3N4O4/c1-13(28)26-7-8-27-15(10-26)12-31-17-4-3-14(20(21,22)23)9-16(17)19(30)24-5-6-25(2)11-18(27)29/h3-4,9,15H,5-8,10-12H2,1-2H3,(H,24,30)/t15-/m0/s1. The highest BCUT2D eigenvalue weighted by Crippen LogP contribution is 2.33. The molecule has 3 rings (SSSR count). The Bertz CT molecular complexity index is 861. The van der Waals surface area contributed by atoms with Crippen molar-refractivity contribution in [3.8, 4) is 5.75 Å². The zero-order chi connectivity index (χ0) is 22.8. The molecule has 1 saturated heterocycles. The van der Waals surface area contributed by atoms with E-state index < -0.39 is 23.7 Å². The number of hydrogen-bond donors (Lipinski definition) is 1. The molecule has 0 bridgehead atoms. The number of fused-ring (bicyclic) bond motifs is 2. The summed E-state index contributed by atoms with van der Waals surface area (Å²) in [6.07, 6.45) is -4.61. The van der Waals surface area contributed by atoms with Crippen molar-refractivity contribution >= 4 is 17.7 Å². The van der Waals surface area contributed by atoms with Crippen LogP contribution in [-0.4, -0.2) is 91.4 Å². The maximum Gasteiger partial charge on any atom is 0.416 e. The Morgan fingerprint density at radius 1 is 1.19 bits per heavy atom. The first-order valence-electron chi connectivity index (χ1n) is 9.92. The van der Waals surface area contributed by atoms with Crippen molar-refractivity contribution in [1.82, 2.24) is 20.0 Å². The summed E-state index contributed by atoms with van der Waals surface area (Å²) in [6, 6.07) is 2.24. The van der Waals surface area contributed by atoms with Gasteiger partial charge in [-0.25, -0.2) is 0 Å². The van der Waals surface area contributed by atoms with Crippen molar-refractivity contribution in [2.45, 2.75) is 19.1 Å². The highest BCUT2D eigenvalue weighted by Gasteiger charge is 2.34. The summed E-state index contributed by atoms with van der Waals surface area (Å²) in [7, 11) is 1.72. The lowest BCUT2D eigenvalue weighted by atomic mass is 10.1. The van der Waals surface area contributed by atoms with Crippen molar-refractivity contribution < 1.29 is 32.3 Å². The molecule has 3 amide bonds. The molecule has 0 unspecified atom stereocenters. The fourth-order valence-corrected chi connectivity index (χ4v) is 3.66. The minimum absolute atomic E-state index is 0.00884. The maximum absolute atomic E-state index is 13.2. The molecule has 0 aromatic heterocycles. The molecule has 1 aromatic carbocycles. The van der Waals surface area contributed by atoms with E-state index in [0.29, 0.717) is 19.6 Å². The van der Waals surface area contributed by atoms with Crippen LogP contribution in [0.5, 0.6) is 5.75 Å². The molecule has 0 spiro atoms. The number of carbonyl (C=O) groups excluding carboxylic acids is 3. The van der Waals surface area contributed by atoms with Crippen LogP contribution in [0.25, 0.3) is 0 Å². The number of ether oxygens (including phenoxy) is 1. The number of carbonyl (C=O) groups is 3. The Labute approximate surface area is 177 Å². The summed E-state index contributed by atoms with van der Waals surface area (Å²) in [4.78, 5) is 42.2. The molecule has 1 N–H and O–H groups in total. The molecule has 2 aliphatic heterocycles. The Morgan fingerprint density at radius 3 is 2.61 bits per heavy atom. The summed E-state index contributed by atoms with van der Waals surface area (Å²) in [6.45, 7) is 2.94. The summed E-state index contributed by atoms with van der Waals surface area (Å²) >= 11 is 0. The van der Waals surface area contributed by atoms with E-state index in [4.69, 9.17) is 4.74 Å². The van der Waals surface area contributed by atoms with E-state index in [1.165, 1.54) is 6.92 Å². The van der Waals surface area contributed by atoms with E-state index in [9.17, 15) is 27.6 Å². The van der Waals surface area contributed by atoms with E-state index in [1.807, 2.05) is 0 Å². The molecule has 170 valence electrons. The maximum atomic E-state index is 13.2. The van der Waals surface area contributed by atoms with Crippen molar-refractivity contribution in [2.75, 3.05) is 52.9 Å². The van der Waals surface area contributed by atoms with Crippen LogP contribution in [-0.2, 0) is 15.8 Å². The Hall–Kier alpha value is -2.82. The first-order chi connectivity index (χ1) is 14.6. The van der Waals surface area contributed by atoms with E-state index >= 15 is 0 Å². The smallest absolute Gasteiger partial charge is 0.416 e. The van der Waals surface area contributed by atoms with Gasteiger partial charge in [0, 0.05) is 39.6 Å². The normalized spacial score (nSPS) is 21.6. The lowest BCUT2D eigenvalue weighted by Gasteiger charge is -2.41. The van der Waals surface area contributed by atoms with Gasteiger partial charge in [-0.15, -0.1) is 0 Å². The molecule has 1 fully saturated rings. The molecule has 1 atom stereocenters. The molecule has 0 saturated carbocycles. The van der Waals surface area contributed by atoms with Gasteiger partial charge < -0.3 is 19.9 Å². The number of nitrogens with one attached hydrogen (secondary N) is 1. The van der Waals surface area contributed by atoms with Gasteiger partial charge in [0.05, 0.1) is 23.7 Å². The average Bonchev–Trinajstić information content (AvgIpc) is 2.70. The molecule has 1 aromatic rings. The minimum Gasteiger partial charge on any atom is -0.491 e. The predicted molar refractivity (Wildman–Crippen MR) is 105 cm³/mol. The van der Waals surface area contributed by atoms with Crippen molar-refractivity contribution in [3.63, 3.8) is 0 Å². The van der Waals surface area contributed by atoms with Gasteiger partial charge in [0.1, 0.15) is 12.4 Å². The summed E-state index contributed by atoms with van der Waals surface area (Å²) in [5, 5.41) is 2.58. The third-order valence-corrected chi connectivity index (χ3v) is 5.42. The van der Waals surface area contributed by atoms with E-state index in [-0.39, 0.29) is 49.4 Å². The van der Waals surface area contributed by atoms with Crippen LogP contribution < -0.4 is 10.1 Å². The van der Waals surface area contributed by atoms with Crippen LogP contribution in [0.2, 0.25) is 0 Å². The van der Waals surface area contributed by atoms with Crippen LogP contribution in [0.1, 0.15) is 22.8 Å². The fourth-order valence-electron chi connectivity index (χ4n) is 3.66. The van der Waals surface area contributed by atoms with Gasteiger partial charge in [-0.3, -0.25) is 19.3 Å². The second kappa shape index (κ2) is 9.13. The number of hydrogen-bond acceptors (Lipinski definition) is 5. The van der Waals surface area contributed by atoms with Crippen molar-refractivity contribution in [1.29, 1.82) is 0 Å². The second-order valence-corrected chi connectivity index (χ2v) is 7.72. The summed E-state index contributed by atoms with van der Waals surface area (Å²) in [5.41, 5.74) is -1.18. The van der Waals surface area contributed by atoms with Gasteiger partial charge in [0.15, 0.2) is 0 Å². The molecule has 8 nitrogen and oxygen atoms in total. The van der Waals surface area contributed by atoms with Gasteiger partial charge >= 0.3 is 6.18 Å². The molecule has 31 heavy (non-hydrogen) atoms. The molecule has 0 aliphatic carbocycles. The summed E-state index contributed by atoms with van der Waals surface area (Å²) < 4.78 is 45.2. The number of benzene rings is 1. The molecule has 2 heterocycles. The van der Waals surface area contributed by atoms with Crippen molar-refractivity contribution in [3.05, 3.63) is 29.3 Å². The van der Waals surface area contributed by atoms with Gasteiger partial charge in [-0.2, -0.15) is 13.2 Å². The monoisotopic (exact) mass is 442 g/mol. The number of piperazine rings is 1. The quantitative estimate of drug-likeness (QED) is 0.644. The Morgan fingerprint density at radius 2 is 1.94 bits per heavy atom. The van der Waals surface area contributed by atoms with Gasteiger partial charge in [0.2, 0.25) is 11.8 Å². The van der Waals surface area contributed by atoms with Crippen LogP contribution in [0.4, 0.5) is 13.2 Å². The topological polar surface area (TPSA) is 82.2 Å². The highest BCUT2D eigenvalue weighted by atomic mass is 19.4. The zero-order valence-electron chi connectivity index (χ0n) is 17.4. The number of alkyl halides is 3. The minimum atomic E-state index is -4.61. The predicted octanol–water partition coefficient (Wildman–Crippen LogP) is 0.819. The summed E-state index contributed by atoms with van der Waals surface area (Å²) in [5.74, 6) is -0.976. The third kappa shape index (κ3) is 5.46. The first kappa shape index (κ1) is 22.9. The van der Waals surface area contributed by atoms with Gasteiger partial charge in [-0.05, 0) is 25.2 Å². The highest BCUT2D eigenvalue weighted by molar-refractivity contribution is 5.97. The lowest BCUT2D eigenvalue weighted by molar-refractivity contribution is -0.143. The zero-order valence-corrected chi connectivity index (χ0v) is 17.4. The van der Waals surface area contributed by atoms with Crippen LogP contribution in [0.15, 0.2) is 18.2 Å². The molecule has 2 aliphatic rings. The van der Waals surface area contributed by atoms with Gasteiger partial charge in [-0.1, -0.05) is 0 Å². The van der Waals surface area contributed by atoms with Crippen LogP contribution in [0.3, 0.4) is 0 Å². The van der Waals surface area contributed by atoms with Gasteiger partial charge in [0.25, 0.3) is 5.91 Å². The van der Waals surface area contributed by atoms with E-state index in [0.717, 1.165) is 18.2 Å². The van der Waals surface area contributed by atoms with Crippen LogP contribution >= 0.6 is 0 Å². The molecular formula is C20H25F3N4O4. The SMILES string of the molecule is CC(=O)N1CCN2C(=O)CN(C)CCNC(=O)c3cc(C(F)(F)F)ccc3OC[C@@H]2C1. The number of likely N-dealkylation sites (N-methyl/N-ethyl adjacent to an activating group) is 1. The van der Waals surface area contributed by atoms with E-state index in [2.05, 4.69) is 5.32 Å². The molecular weight excluding hydrogens is 417 g/mol. The Balaban J connectivity index is 1.93. The fraction of sp³-hybridized carbons (Fsp3) is 0.550. The first-order valence-corrected chi connectivity index (χ1v) is 9.92.